The van der Waals surface area contributed by atoms with E-state index in [4.69, 9.17) is 4.74 Å². The maximum atomic E-state index is 10.6. The molecular formula is C15H13IO2. The average Bonchev–Trinajstić information content (AvgIpc) is 2.39. The third kappa shape index (κ3) is 3.32. The minimum atomic E-state index is 0.538. The van der Waals surface area contributed by atoms with Crippen molar-refractivity contribution in [1.82, 2.24) is 0 Å². The monoisotopic (exact) mass is 352 g/mol. The number of rotatable bonds is 4. The summed E-state index contributed by atoms with van der Waals surface area (Å²) in [5.74, 6) is 0.807. The predicted octanol–water partition coefficient (Wildman–Crippen LogP) is 3.99. The molecule has 0 aromatic heterocycles. The minimum Gasteiger partial charge on any atom is -0.488 e. The molecule has 0 heterocycles. The van der Waals surface area contributed by atoms with Crippen LogP contribution in [0.3, 0.4) is 0 Å². The molecular weight excluding hydrogens is 339 g/mol. The summed E-state index contributed by atoms with van der Waals surface area (Å²) in [5.41, 5.74) is 3.04. The van der Waals surface area contributed by atoms with Crippen LogP contribution in [0.25, 0.3) is 0 Å². The highest BCUT2D eigenvalue weighted by Crippen LogP contribution is 2.22. The lowest BCUT2D eigenvalue weighted by atomic mass is 10.2. The van der Waals surface area contributed by atoms with Gasteiger partial charge in [-0.1, -0.05) is 29.8 Å². The van der Waals surface area contributed by atoms with Gasteiger partial charge in [-0.15, -0.1) is 0 Å². The van der Waals surface area contributed by atoms with Gasteiger partial charge in [-0.3, -0.25) is 4.79 Å². The number of halogens is 1. The molecule has 2 rings (SSSR count). The van der Waals surface area contributed by atoms with Crippen molar-refractivity contribution >= 4 is 28.9 Å². The molecule has 0 spiro atoms. The molecule has 92 valence electrons. The third-order valence-corrected chi connectivity index (χ3v) is 3.45. The smallest absolute Gasteiger partial charge is 0.150 e. The second-order valence-corrected chi connectivity index (χ2v) is 5.24. The Labute approximate surface area is 120 Å². The van der Waals surface area contributed by atoms with Crippen molar-refractivity contribution in [3.8, 4) is 5.75 Å². The quantitative estimate of drug-likeness (QED) is 0.614. The second-order valence-electron chi connectivity index (χ2n) is 4.08. The summed E-state index contributed by atoms with van der Waals surface area (Å²) in [4.78, 5) is 10.6. The number of benzene rings is 2. The maximum absolute atomic E-state index is 10.6. The Morgan fingerprint density at radius 2 is 1.89 bits per heavy atom. The van der Waals surface area contributed by atoms with Crippen molar-refractivity contribution in [2.75, 3.05) is 0 Å². The number of carbonyl (C=O) groups excluding carboxylic acids is 1. The number of ether oxygens (including phenoxy) is 1. The van der Waals surface area contributed by atoms with Gasteiger partial charge >= 0.3 is 0 Å². The molecule has 2 aromatic carbocycles. The van der Waals surface area contributed by atoms with E-state index in [1.807, 2.05) is 12.1 Å². The Bertz CT molecular complexity index is 547. The van der Waals surface area contributed by atoms with E-state index in [-0.39, 0.29) is 0 Å². The van der Waals surface area contributed by atoms with Gasteiger partial charge in [0.05, 0.1) is 3.57 Å². The first-order chi connectivity index (χ1) is 8.69. The maximum Gasteiger partial charge on any atom is 0.150 e. The summed E-state index contributed by atoms with van der Waals surface area (Å²) in [6.07, 6.45) is 0.839. The van der Waals surface area contributed by atoms with Gasteiger partial charge in [-0.05, 0) is 53.3 Å². The van der Waals surface area contributed by atoms with Crippen LogP contribution < -0.4 is 4.74 Å². The van der Waals surface area contributed by atoms with Crippen LogP contribution in [0.1, 0.15) is 21.5 Å². The summed E-state index contributed by atoms with van der Waals surface area (Å²) in [6, 6.07) is 13.7. The van der Waals surface area contributed by atoms with Gasteiger partial charge in [0.25, 0.3) is 0 Å². The van der Waals surface area contributed by atoms with Gasteiger partial charge in [0.15, 0.2) is 0 Å². The SMILES string of the molecule is Cc1ccc(COc2ccc(C=O)cc2I)cc1. The Morgan fingerprint density at radius 1 is 1.17 bits per heavy atom. The largest absolute Gasteiger partial charge is 0.488 e. The van der Waals surface area contributed by atoms with E-state index in [9.17, 15) is 4.79 Å². The highest BCUT2D eigenvalue weighted by atomic mass is 127. The molecule has 3 heteroatoms. The Hall–Kier alpha value is -1.36. The van der Waals surface area contributed by atoms with Gasteiger partial charge in [0, 0.05) is 5.56 Å². The molecule has 0 saturated carbocycles. The van der Waals surface area contributed by atoms with Crippen molar-refractivity contribution in [2.24, 2.45) is 0 Å². The molecule has 0 atom stereocenters. The van der Waals surface area contributed by atoms with Gasteiger partial charge in [0.1, 0.15) is 18.6 Å². The molecule has 0 unspecified atom stereocenters. The fraction of sp³-hybridized carbons (Fsp3) is 0.133. The number of carbonyl (C=O) groups is 1. The summed E-state index contributed by atoms with van der Waals surface area (Å²) in [5, 5.41) is 0. The molecule has 18 heavy (non-hydrogen) atoms. The van der Waals surface area contributed by atoms with E-state index in [1.165, 1.54) is 5.56 Å². The van der Waals surface area contributed by atoms with E-state index in [0.717, 1.165) is 21.2 Å². The summed E-state index contributed by atoms with van der Waals surface area (Å²) in [7, 11) is 0. The Kier molecular flexibility index (Phi) is 4.36. The third-order valence-electron chi connectivity index (χ3n) is 2.61. The lowest BCUT2D eigenvalue weighted by molar-refractivity contribution is 0.112. The van der Waals surface area contributed by atoms with Crippen LogP contribution in [-0.2, 0) is 6.61 Å². The van der Waals surface area contributed by atoms with E-state index in [2.05, 4.69) is 53.8 Å². The van der Waals surface area contributed by atoms with Gasteiger partial charge in [0.2, 0.25) is 0 Å². The summed E-state index contributed by atoms with van der Waals surface area (Å²) in [6.45, 7) is 2.60. The first-order valence-corrected chi connectivity index (χ1v) is 6.70. The zero-order valence-corrected chi connectivity index (χ0v) is 12.2. The average molecular weight is 352 g/mol. The van der Waals surface area contributed by atoms with Crippen LogP contribution >= 0.6 is 22.6 Å². The normalized spacial score (nSPS) is 10.1. The lowest BCUT2D eigenvalue weighted by Crippen LogP contribution is -1.97. The van der Waals surface area contributed by atoms with E-state index >= 15 is 0 Å². The highest BCUT2D eigenvalue weighted by Gasteiger charge is 2.02. The predicted molar refractivity (Wildman–Crippen MR) is 80.1 cm³/mol. The molecule has 0 fully saturated rings. The van der Waals surface area contributed by atoms with Crippen LogP contribution in [0.4, 0.5) is 0 Å². The zero-order chi connectivity index (χ0) is 13.0. The number of hydrogen-bond donors (Lipinski definition) is 0. The second kappa shape index (κ2) is 6.00. The summed E-state index contributed by atoms with van der Waals surface area (Å²) >= 11 is 2.17. The minimum absolute atomic E-state index is 0.538. The zero-order valence-electron chi connectivity index (χ0n) is 10.0. The molecule has 0 amide bonds. The molecule has 0 bridgehead atoms. The van der Waals surface area contributed by atoms with Gasteiger partial charge in [-0.25, -0.2) is 0 Å². The van der Waals surface area contributed by atoms with E-state index in [0.29, 0.717) is 12.2 Å². The molecule has 2 aromatic rings. The van der Waals surface area contributed by atoms with Gasteiger partial charge < -0.3 is 4.74 Å². The van der Waals surface area contributed by atoms with Crippen LogP contribution in [-0.4, -0.2) is 6.29 Å². The first kappa shape index (κ1) is 13.1. The molecule has 0 aliphatic heterocycles. The number of aldehydes is 1. The Balaban J connectivity index is 2.06. The van der Waals surface area contributed by atoms with Crippen molar-refractivity contribution in [2.45, 2.75) is 13.5 Å². The molecule has 0 saturated heterocycles. The topological polar surface area (TPSA) is 26.3 Å². The van der Waals surface area contributed by atoms with E-state index < -0.39 is 0 Å². The fourth-order valence-electron chi connectivity index (χ4n) is 1.55. The van der Waals surface area contributed by atoms with Gasteiger partial charge in [-0.2, -0.15) is 0 Å². The molecule has 0 aliphatic carbocycles. The lowest BCUT2D eigenvalue weighted by Gasteiger charge is -2.08. The molecule has 0 radical (unpaired) electrons. The van der Waals surface area contributed by atoms with Crippen LogP contribution in [0.5, 0.6) is 5.75 Å². The molecule has 2 nitrogen and oxygen atoms in total. The van der Waals surface area contributed by atoms with Crippen LogP contribution in [0, 0.1) is 10.5 Å². The standard InChI is InChI=1S/C15H13IO2/c1-11-2-4-12(5-3-11)10-18-15-7-6-13(9-17)8-14(15)16/h2-9H,10H2,1H3. The summed E-state index contributed by atoms with van der Waals surface area (Å²) < 4.78 is 6.69. The van der Waals surface area contributed by atoms with Crippen molar-refractivity contribution in [1.29, 1.82) is 0 Å². The Morgan fingerprint density at radius 3 is 2.50 bits per heavy atom. The van der Waals surface area contributed by atoms with Crippen molar-refractivity contribution in [3.05, 3.63) is 62.7 Å². The highest BCUT2D eigenvalue weighted by molar-refractivity contribution is 14.1. The van der Waals surface area contributed by atoms with Crippen molar-refractivity contribution in [3.63, 3.8) is 0 Å². The van der Waals surface area contributed by atoms with E-state index in [1.54, 1.807) is 6.07 Å². The molecule has 0 N–H and O–H groups in total. The fourth-order valence-corrected chi connectivity index (χ4v) is 2.25. The number of aryl methyl sites for hydroxylation is 1. The number of hydrogen-bond acceptors (Lipinski definition) is 2. The molecule has 0 aliphatic rings. The van der Waals surface area contributed by atoms with Crippen LogP contribution in [0.15, 0.2) is 42.5 Å². The van der Waals surface area contributed by atoms with Crippen LogP contribution in [0.2, 0.25) is 0 Å². The van der Waals surface area contributed by atoms with Crippen molar-refractivity contribution < 1.29 is 9.53 Å². The first-order valence-electron chi connectivity index (χ1n) is 5.62.